The molecular formula is C20H23N3O4. The number of aromatic amines is 1. The molecule has 7 nitrogen and oxygen atoms in total. The van der Waals surface area contributed by atoms with Gasteiger partial charge in [0.15, 0.2) is 11.5 Å². The van der Waals surface area contributed by atoms with E-state index >= 15 is 0 Å². The van der Waals surface area contributed by atoms with Gasteiger partial charge in [-0.25, -0.2) is 4.98 Å². The lowest BCUT2D eigenvalue weighted by Gasteiger charge is -2.16. The van der Waals surface area contributed by atoms with Gasteiger partial charge in [0, 0.05) is 24.6 Å². The van der Waals surface area contributed by atoms with Crippen LogP contribution in [-0.4, -0.2) is 43.7 Å². The predicted octanol–water partition coefficient (Wildman–Crippen LogP) is 3.50. The van der Waals surface area contributed by atoms with Crippen molar-refractivity contribution in [3.05, 3.63) is 35.8 Å². The van der Waals surface area contributed by atoms with Crippen LogP contribution in [0.1, 0.15) is 48.7 Å². The second-order valence-electron chi connectivity index (χ2n) is 7.45. The van der Waals surface area contributed by atoms with Crippen LogP contribution in [0.15, 0.2) is 24.5 Å². The van der Waals surface area contributed by atoms with Crippen molar-refractivity contribution in [1.29, 1.82) is 0 Å². The lowest BCUT2D eigenvalue weighted by molar-refractivity contribution is 0.0963. The van der Waals surface area contributed by atoms with E-state index in [1.54, 1.807) is 10.9 Å². The van der Waals surface area contributed by atoms with Crippen LogP contribution < -0.4 is 0 Å². The van der Waals surface area contributed by atoms with E-state index in [9.17, 15) is 15.0 Å². The molecule has 0 bridgehead atoms. The van der Waals surface area contributed by atoms with Crippen molar-refractivity contribution in [2.75, 3.05) is 13.2 Å². The number of fused-ring (bicyclic) bond motifs is 1. The molecule has 0 aliphatic carbocycles. The Kier molecular flexibility index (Phi) is 4.39. The van der Waals surface area contributed by atoms with Gasteiger partial charge in [-0.05, 0) is 30.5 Å². The van der Waals surface area contributed by atoms with Gasteiger partial charge in [-0.15, -0.1) is 0 Å². The largest absolute Gasteiger partial charge is 0.503 e. The summed E-state index contributed by atoms with van der Waals surface area (Å²) in [5.74, 6) is -0.756. The number of hydrogen-bond acceptors (Lipinski definition) is 5. The van der Waals surface area contributed by atoms with Gasteiger partial charge < -0.3 is 19.9 Å². The van der Waals surface area contributed by atoms with Crippen LogP contribution in [0.5, 0.6) is 11.6 Å². The van der Waals surface area contributed by atoms with Crippen molar-refractivity contribution < 1.29 is 19.7 Å². The van der Waals surface area contributed by atoms with Gasteiger partial charge in [-0.2, -0.15) is 0 Å². The van der Waals surface area contributed by atoms with Crippen LogP contribution in [0.4, 0.5) is 0 Å². The summed E-state index contributed by atoms with van der Waals surface area (Å²) in [5, 5.41) is 21.3. The monoisotopic (exact) mass is 369 g/mol. The van der Waals surface area contributed by atoms with Crippen molar-refractivity contribution in [3.63, 3.8) is 0 Å². The number of imidazole rings is 1. The minimum atomic E-state index is -0.354. The number of carbonyl (C=O) groups is 1. The molecule has 3 heterocycles. The summed E-state index contributed by atoms with van der Waals surface area (Å²) in [4.78, 5) is 20.1. The number of aromatic hydroxyl groups is 2. The molecule has 1 saturated heterocycles. The number of nitrogens with zero attached hydrogens (tertiary/aromatic N) is 2. The van der Waals surface area contributed by atoms with Crippen molar-refractivity contribution >= 4 is 16.8 Å². The van der Waals surface area contributed by atoms with Crippen LogP contribution in [0.2, 0.25) is 0 Å². The Bertz CT molecular complexity index is 996. The highest BCUT2D eigenvalue weighted by Crippen LogP contribution is 2.44. The molecule has 0 saturated carbocycles. The average Bonchev–Trinajstić information content (AvgIpc) is 3.34. The molecule has 1 aliphatic heterocycles. The zero-order valence-corrected chi connectivity index (χ0v) is 15.4. The number of benzene rings is 1. The molecule has 7 heteroatoms. The fraction of sp³-hybridized carbons (Fsp3) is 0.400. The minimum absolute atomic E-state index is 0.0691. The Morgan fingerprint density at radius 2 is 2.22 bits per heavy atom. The molecule has 3 N–H and O–H groups in total. The Morgan fingerprint density at radius 1 is 1.41 bits per heavy atom. The number of carbonyl (C=O) groups excluding carboxylic acids is 1. The van der Waals surface area contributed by atoms with E-state index in [1.165, 1.54) is 0 Å². The minimum Gasteiger partial charge on any atom is -0.503 e. The highest BCUT2D eigenvalue weighted by molar-refractivity contribution is 6.01. The molecule has 3 aromatic rings. The molecule has 0 amide bonds. The fourth-order valence-corrected chi connectivity index (χ4v) is 3.77. The third-order valence-electron chi connectivity index (χ3n) is 5.01. The van der Waals surface area contributed by atoms with E-state index < -0.39 is 0 Å². The van der Waals surface area contributed by atoms with Gasteiger partial charge in [0.25, 0.3) is 0 Å². The predicted molar refractivity (Wildman–Crippen MR) is 101 cm³/mol. The molecule has 1 aliphatic rings. The molecule has 1 fully saturated rings. The summed E-state index contributed by atoms with van der Waals surface area (Å²) in [6.45, 7) is 4.96. The third kappa shape index (κ3) is 2.98. The average molecular weight is 369 g/mol. The molecule has 4 rings (SSSR count). The molecule has 142 valence electrons. The standard InChI is InChI=1S/C20H23N3O4/c1-11(2)7-16(24)17-18(12-5-6-27-9-12)23(20(26)19(17)25)13-3-4-14-15(8-13)22-10-21-14/h3-4,8,10-12,25-26H,5-7,9H2,1-2H3,(H,21,22). The molecule has 2 aromatic heterocycles. The number of rotatable bonds is 5. The summed E-state index contributed by atoms with van der Waals surface area (Å²) in [6, 6.07) is 5.50. The highest BCUT2D eigenvalue weighted by Gasteiger charge is 2.34. The molecule has 1 aromatic carbocycles. The number of nitrogens with one attached hydrogen (secondary N) is 1. The summed E-state index contributed by atoms with van der Waals surface area (Å²) < 4.78 is 7.09. The van der Waals surface area contributed by atoms with Crippen LogP contribution in [-0.2, 0) is 4.74 Å². The summed E-state index contributed by atoms with van der Waals surface area (Å²) in [5.41, 5.74) is 3.10. The van der Waals surface area contributed by atoms with Gasteiger partial charge >= 0.3 is 0 Å². The maximum absolute atomic E-state index is 12.9. The van der Waals surface area contributed by atoms with Gasteiger partial charge in [-0.3, -0.25) is 9.36 Å². The second-order valence-corrected chi connectivity index (χ2v) is 7.45. The Labute approximate surface area is 156 Å². The second kappa shape index (κ2) is 6.74. The third-order valence-corrected chi connectivity index (χ3v) is 5.01. The smallest absolute Gasteiger partial charge is 0.240 e. The van der Waals surface area contributed by atoms with E-state index in [0.29, 0.717) is 31.0 Å². The summed E-state index contributed by atoms with van der Waals surface area (Å²) >= 11 is 0. The number of H-pyrrole nitrogens is 1. The first-order chi connectivity index (χ1) is 13.0. The highest BCUT2D eigenvalue weighted by atomic mass is 16.5. The first kappa shape index (κ1) is 17.6. The van der Waals surface area contributed by atoms with E-state index in [2.05, 4.69) is 9.97 Å². The van der Waals surface area contributed by atoms with E-state index in [4.69, 9.17) is 4.74 Å². The van der Waals surface area contributed by atoms with Crippen LogP contribution in [0, 0.1) is 5.92 Å². The first-order valence-corrected chi connectivity index (χ1v) is 9.18. The fourth-order valence-electron chi connectivity index (χ4n) is 3.77. The van der Waals surface area contributed by atoms with Crippen molar-refractivity contribution in [3.8, 4) is 17.3 Å². The Balaban J connectivity index is 1.93. The van der Waals surface area contributed by atoms with E-state index in [0.717, 1.165) is 17.5 Å². The zero-order chi connectivity index (χ0) is 19.1. The Morgan fingerprint density at radius 3 is 2.93 bits per heavy atom. The summed E-state index contributed by atoms with van der Waals surface area (Å²) in [6.07, 6.45) is 2.64. The van der Waals surface area contributed by atoms with Crippen molar-refractivity contribution in [1.82, 2.24) is 14.5 Å². The quantitative estimate of drug-likeness (QED) is 0.598. The van der Waals surface area contributed by atoms with Crippen molar-refractivity contribution in [2.24, 2.45) is 5.92 Å². The van der Waals surface area contributed by atoms with Crippen LogP contribution in [0.25, 0.3) is 16.7 Å². The van der Waals surface area contributed by atoms with Crippen molar-refractivity contribution in [2.45, 2.75) is 32.6 Å². The van der Waals surface area contributed by atoms with Gasteiger partial charge in [0.05, 0.1) is 35.2 Å². The topological polar surface area (TPSA) is 100 Å². The maximum Gasteiger partial charge on any atom is 0.240 e. The molecule has 1 atom stereocenters. The number of ketones is 1. The SMILES string of the molecule is CC(C)CC(=O)c1c(O)c(O)n(-c2ccc3nc[nH]c3c2)c1C1CCOC1. The van der Waals surface area contributed by atoms with Crippen LogP contribution in [0.3, 0.4) is 0 Å². The van der Waals surface area contributed by atoms with Crippen LogP contribution >= 0.6 is 0 Å². The van der Waals surface area contributed by atoms with E-state index in [1.807, 2.05) is 32.0 Å². The molecule has 1 unspecified atom stereocenters. The number of ether oxygens (including phenoxy) is 1. The lowest BCUT2D eigenvalue weighted by Crippen LogP contribution is -2.13. The van der Waals surface area contributed by atoms with Gasteiger partial charge in [-0.1, -0.05) is 13.8 Å². The maximum atomic E-state index is 12.9. The molecular weight excluding hydrogens is 346 g/mol. The molecule has 27 heavy (non-hydrogen) atoms. The Hall–Kier alpha value is -2.80. The molecule has 0 radical (unpaired) electrons. The molecule has 0 spiro atoms. The van der Waals surface area contributed by atoms with Gasteiger partial charge in [0.1, 0.15) is 0 Å². The van der Waals surface area contributed by atoms with E-state index in [-0.39, 0.29) is 34.8 Å². The van der Waals surface area contributed by atoms with Gasteiger partial charge in [0.2, 0.25) is 5.88 Å². The first-order valence-electron chi connectivity index (χ1n) is 9.18. The zero-order valence-electron chi connectivity index (χ0n) is 15.4. The normalized spacial score (nSPS) is 17.2. The number of hydrogen-bond donors (Lipinski definition) is 3. The summed E-state index contributed by atoms with van der Waals surface area (Å²) in [7, 11) is 0. The lowest BCUT2D eigenvalue weighted by atomic mass is 9.94. The number of Topliss-reactive ketones (excluding diaryl/α,β-unsaturated/α-hetero) is 1. The number of aromatic nitrogens is 3.